The van der Waals surface area contributed by atoms with E-state index in [-0.39, 0.29) is 24.0 Å². The first-order chi connectivity index (χ1) is 13.7. The predicted octanol–water partition coefficient (Wildman–Crippen LogP) is 2.86. The Bertz CT molecular complexity index is 1080. The molecular formula is C22H23IN2O2S2. The standard InChI is InChI=1S/C22H23N2O2S2.HI/c1-4-23-17-13-14-26-22(17)28-21(23)10-8-6-7-9-20-24(5-2)18-15-16(25-3)11-12-19(18)27-20;/h6-15H,4-5H2,1-3H3;1H/q+1;/p-1. The molecule has 0 atom stereocenters. The molecule has 3 aromatic rings. The van der Waals surface area contributed by atoms with Gasteiger partial charge in [0.05, 0.1) is 30.2 Å². The maximum atomic E-state index is 5.53. The van der Waals surface area contributed by atoms with Gasteiger partial charge in [0.2, 0.25) is 0 Å². The van der Waals surface area contributed by atoms with Crippen molar-refractivity contribution in [1.82, 2.24) is 0 Å². The molecule has 29 heavy (non-hydrogen) atoms. The summed E-state index contributed by atoms with van der Waals surface area (Å²) < 4.78 is 13.2. The van der Waals surface area contributed by atoms with Crippen molar-refractivity contribution < 1.29 is 37.7 Å². The minimum atomic E-state index is 0. The lowest BCUT2D eigenvalue weighted by Crippen LogP contribution is -3.00. The first-order valence-corrected chi connectivity index (χ1v) is 11.0. The lowest BCUT2D eigenvalue weighted by molar-refractivity contribution is -0.665. The maximum absolute atomic E-state index is 5.53. The van der Waals surface area contributed by atoms with Crippen molar-refractivity contribution in [1.29, 1.82) is 0 Å². The van der Waals surface area contributed by atoms with Crippen molar-refractivity contribution in [3.05, 3.63) is 64.9 Å². The molecule has 0 saturated heterocycles. The molecule has 0 saturated carbocycles. The molecule has 0 aliphatic carbocycles. The average molecular weight is 538 g/mol. The second-order valence-electron chi connectivity index (χ2n) is 6.21. The second-order valence-corrected chi connectivity index (χ2v) is 8.26. The van der Waals surface area contributed by atoms with Crippen LogP contribution in [0.5, 0.6) is 5.75 Å². The van der Waals surface area contributed by atoms with Crippen LogP contribution < -0.4 is 38.2 Å². The van der Waals surface area contributed by atoms with Gasteiger partial charge in [-0.2, -0.15) is 4.57 Å². The number of aryl methyl sites for hydroxylation is 1. The Morgan fingerprint density at radius 1 is 1.17 bits per heavy atom. The fraction of sp³-hybridized carbons (Fsp3) is 0.227. The van der Waals surface area contributed by atoms with Crippen LogP contribution in [0.2, 0.25) is 0 Å². The number of hydrogen-bond donors (Lipinski definition) is 0. The third kappa shape index (κ3) is 4.41. The van der Waals surface area contributed by atoms with Crippen LogP contribution in [-0.4, -0.2) is 13.7 Å². The first kappa shape index (κ1) is 22.0. The van der Waals surface area contributed by atoms with E-state index in [0.29, 0.717) is 0 Å². The summed E-state index contributed by atoms with van der Waals surface area (Å²) >= 11 is 3.47. The van der Waals surface area contributed by atoms with E-state index in [1.807, 2.05) is 12.1 Å². The van der Waals surface area contributed by atoms with Crippen LogP contribution in [0.25, 0.3) is 16.5 Å². The summed E-state index contributed by atoms with van der Waals surface area (Å²) in [6, 6.07) is 8.27. The monoisotopic (exact) mass is 538 g/mol. The van der Waals surface area contributed by atoms with Crippen LogP contribution in [0, 0.1) is 0 Å². The number of allylic oxidation sites excluding steroid dienone is 4. The highest BCUT2D eigenvalue weighted by atomic mass is 127. The summed E-state index contributed by atoms with van der Waals surface area (Å²) in [5.41, 5.74) is 2.37. The third-order valence-electron chi connectivity index (χ3n) is 4.63. The summed E-state index contributed by atoms with van der Waals surface area (Å²) in [7, 11) is 1.71. The molecule has 1 aliphatic heterocycles. The van der Waals surface area contributed by atoms with Crippen molar-refractivity contribution in [3.8, 4) is 5.75 Å². The number of thiazole rings is 1. The number of aromatic nitrogens is 1. The molecule has 3 heterocycles. The van der Waals surface area contributed by atoms with Crippen LogP contribution in [0.4, 0.5) is 5.69 Å². The minimum Gasteiger partial charge on any atom is -1.00 e. The van der Waals surface area contributed by atoms with Gasteiger partial charge in [-0.15, -0.1) is 0 Å². The highest BCUT2D eigenvalue weighted by Crippen LogP contribution is 2.47. The summed E-state index contributed by atoms with van der Waals surface area (Å²) in [6.07, 6.45) is 12.3. The van der Waals surface area contributed by atoms with Crippen molar-refractivity contribution in [2.45, 2.75) is 25.3 Å². The van der Waals surface area contributed by atoms with Crippen molar-refractivity contribution >= 4 is 45.3 Å². The highest BCUT2D eigenvalue weighted by molar-refractivity contribution is 8.03. The molecule has 0 fully saturated rings. The van der Waals surface area contributed by atoms with E-state index in [1.165, 1.54) is 20.6 Å². The van der Waals surface area contributed by atoms with E-state index >= 15 is 0 Å². The Hall–Kier alpha value is -1.71. The van der Waals surface area contributed by atoms with Crippen LogP contribution in [-0.2, 0) is 6.54 Å². The summed E-state index contributed by atoms with van der Waals surface area (Å²) in [4.78, 5) is 4.56. The Morgan fingerprint density at radius 2 is 2.03 bits per heavy atom. The fourth-order valence-electron chi connectivity index (χ4n) is 3.28. The fourth-order valence-corrected chi connectivity index (χ4v) is 5.46. The summed E-state index contributed by atoms with van der Waals surface area (Å²) in [6.45, 7) is 6.17. The quantitative estimate of drug-likeness (QED) is 0.275. The SMILES string of the molecule is CCN1/C(=C/C=C/C=C/c2sc3occc3[n+]2CC)Sc2ccc(OC)cc21.[I-]. The number of ether oxygens (including phenoxy) is 1. The Kier molecular flexibility index (Phi) is 7.48. The van der Waals surface area contributed by atoms with Crippen molar-refractivity contribution in [3.63, 3.8) is 0 Å². The lowest BCUT2D eigenvalue weighted by atomic mass is 10.2. The number of methoxy groups -OCH3 is 1. The molecule has 152 valence electrons. The summed E-state index contributed by atoms with van der Waals surface area (Å²) in [5.74, 6) is 0.892. The van der Waals surface area contributed by atoms with Gasteiger partial charge in [-0.3, -0.25) is 0 Å². The molecule has 0 bridgehead atoms. The molecule has 2 aromatic heterocycles. The molecule has 0 spiro atoms. The van der Waals surface area contributed by atoms with Gasteiger partial charge in [0.1, 0.15) is 12.3 Å². The average Bonchev–Trinajstić information content (AvgIpc) is 3.38. The molecule has 0 N–H and O–H groups in total. The molecule has 0 unspecified atom stereocenters. The van der Waals surface area contributed by atoms with Crippen molar-refractivity contribution in [2.75, 3.05) is 18.6 Å². The zero-order valence-corrected chi connectivity index (χ0v) is 20.4. The zero-order valence-electron chi connectivity index (χ0n) is 16.6. The normalized spacial score (nSPS) is 15.0. The number of fused-ring (bicyclic) bond motifs is 2. The smallest absolute Gasteiger partial charge is 0.265 e. The molecular weight excluding hydrogens is 515 g/mol. The molecule has 0 radical (unpaired) electrons. The zero-order chi connectivity index (χ0) is 19.5. The molecule has 1 aliphatic rings. The Balaban J connectivity index is 0.00000240. The number of halogens is 1. The van der Waals surface area contributed by atoms with E-state index in [0.717, 1.165) is 29.3 Å². The van der Waals surface area contributed by atoms with Crippen molar-refractivity contribution in [2.24, 2.45) is 0 Å². The predicted molar refractivity (Wildman–Crippen MR) is 118 cm³/mol. The lowest BCUT2D eigenvalue weighted by Gasteiger charge is -2.18. The van der Waals surface area contributed by atoms with E-state index in [4.69, 9.17) is 9.15 Å². The number of hydrogen-bond acceptors (Lipinski definition) is 5. The van der Waals surface area contributed by atoms with Gasteiger partial charge in [-0.25, -0.2) is 0 Å². The van der Waals surface area contributed by atoms with Crippen LogP contribution in [0.15, 0.2) is 69.2 Å². The highest BCUT2D eigenvalue weighted by Gasteiger charge is 2.24. The maximum Gasteiger partial charge on any atom is 0.265 e. The van der Waals surface area contributed by atoms with Crippen LogP contribution in [0.3, 0.4) is 0 Å². The number of anilines is 1. The molecule has 4 nitrogen and oxygen atoms in total. The largest absolute Gasteiger partial charge is 1.00 e. The molecule has 0 amide bonds. The van der Waals surface area contributed by atoms with E-state index < -0.39 is 0 Å². The van der Waals surface area contributed by atoms with Crippen LogP contribution >= 0.6 is 23.1 Å². The molecule has 4 rings (SSSR count). The van der Waals surface area contributed by atoms with Gasteiger partial charge >= 0.3 is 0 Å². The van der Waals surface area contributed by atoms with Gasteiger partial charge in [0.25, 0.3) is 15.4 Å². The Morgan fingerprint density at radius 3 is 2.79 bits per heavy atom. The van der Waals surface area contributed by atoms with E-state index in [1.54, 1.807) is 36.5 Å². The number of rotatable bonds is 6. The number of thioether (sulfide) groups is 1. The first-order valence-electron chi connectivity index (χ1n) is 9.33. The molecule has 7 heteroatoms. The summed E-state index contributed by atoms with van der Waals surface area (Å²) in [5, 5.41) is 2.42. The van der Waals surface area contributed by atoms with Gasteiger partial charge in [0.15, 0.2) is 0 Å². The minimum absolute atomic E-state index is 0. The molecule has 1 aromatic carbocycles. The number of furan rings is 1. The second kappa shape index (κ2) is 9.86. The van der Waals surface area contributed by atoms with Gasteiger partial charge < -0.3 is 38.0 Å². The van der Waals surface area contributed by atoms with Crippen LogP contribution in [0.1, 0.15) is 18.9 Å². The third-order valence-corrected chi connectivity index (χ3v) is 6.82. The van der Waals surface area contributed by atoms with E-state index in [2.05, 4.69) is 65.8 Å². The van der Waals surface area contributed by atoms with E-state index in [9.17, 15) is 0 Å². The van der Waals surface area contributed by atoms with Gasteiger partial charge in [-0.05, 0) is 43.4 Å². The number of nitrogens with zero attached hydrogens (tertiary/aromatic N) is 2. The van der Waals surface area contributed by atoms with Gasteiger partial charge in [-0.1, -0.05) is 30.0 Å². The Labute approximate surface area is 196 Å². The van der Waals surface area contributed by atoms with Gasteiger partial charge in [0, 0.05) is 23.6 Å². The number of benzene rings is 1. The topological polar surface area (TPSA) is 29.5 Å².